The van der Waals surface area contributed by atoms with Gasteiger partial charge in [-0.3, -0.25) is 4.79 Å². The summed E-state index contributed by atoms with van der Waals surface area (Å²) in [6.07, 6.45) is 3.55. The first kappa shape index (κ1) is 12.4. The summed E-state index contributed by atoms with van der Waals surface area (Å²) in [5, 5.41) is 0. The molecule has 1 unspecified atom stereocenters. The Balaban J connectivity index is 0.00000112. The molecule has 1 atom stereocenters. The van der Waals surface area contributed by atoms with Crippen LogP contribution in [0.5, 0.6) is 0 Å². The number of likely N-dealkylation sites (tertiary alicyclic amines) is 1. The van der Waals surface area contributed by atoms with E-state index in [9.17, 15) is 4.79 Å². The molecule has 1 fully saturated rings. The first-order valence-corrected chi connectivity index (χ1v) is 5.34. The summed E-state index contributed by atoms with van der Waals surface area (Å²) in [7, 11) is 0. The predicted molar refractivity (Wildman–Crippen MR) is 60.3 cm³/mol. The molecule has 0 spiro atoms. The van der Waals surface area contributed by atoms with Crippen molar-refractivity contribution in [2.45, 2.75) is 18.9 Å². The van der Waals surface area contributed by atoms with Crippen LogP contribution in [0.4, 0.5) is 0 Å². The number of nitrogens with two attached hydrogens (primary N) is 1. The molecule has 84 valence electrons. The number of halogens is 1. The van der Waals surface area contributed by atoms with Crippen LogP contribution in [0, 0.1) is 0 Å². The fraction of sp³-hybridized carbons (Fsp3) is 0.625. The van der Waals surface area contributed by atoms with Gasteiger partial charge in [-0.05, 0) is 12.8 Å². The van der Waals surface area contributed by atoms with Crippen LogP contribution in [0.15, 0.2) is 6.20 Å². The number of hydrogen-bond donors (Lipinski definition) is 1. The van der Waals surface area contributed by atoms with Gasteiger partial charge in [0.25, 0.3) is 5.91 Å². The third-order valence-corrected chi connectivity index (χ3v) is 2.97. The molecule has 2 rings (SSSR count). The van der Waals surface area contributed by atoms with Gasteiger partial charge >= 0.3 is 0 Å². The molecule has 15 heavy (non-hydrogen) atoms. The normalized spacial score (nSPS) is 20.1. The van der Waals surface area contributed by atoms with Crippen LogP contribution in [0.2, 0.25) is 0 Å². The zero-order chi connectivity index (χ0) is 9.97. The highest BCUT2D eigenvalue weighted by molar-refractivity contribution is 6.99. The topological polar surface area (TPSA) is 72.1 Å². The standard InChI is InChI=1S/C8H12N4OS.ClH/c9-4-6-2-1-3-12(6)8(13)7-5-10-14-11-7;/h5-6H,1-4,9H2;1H. The summed E-state index contributed by atoms with van der Waals surface area (Å²) in [5.74, 6) is -0.0355. The summed E-state index contributed by atoms with van der Waals surface area (Å²) < 4.78 is 7.75. The van der Waals surface area contributed by atoms with E-state index in [2.05, 4.69) is 8.75 Å². The van der Waals surface area contributed by atoms with Gasteiger partial charge in [-0.1, -0.05) is 0 Å². The fourth-order valence-electron chi connectivity index (χ4n) is 1.75. The molecular weight excluding hydrogens is 236 g/mol. The Morgan fingerprint density at radius 2 is 2.53 bits per heavy atom. The number of rotatable bonds is 2. The molecule has 0 aromatic carbocycles. The van der Waals surface area contributed by atoms with E-state index < -0.39 is 0 Å². The van der Waals surface area contributed by atoms with E-state index in [-0.39, 0.29) is 24.4 Å². The first-order valence-electron chi connectivity index (χ1n) is 4.61. The molecule has 2 heterocycles. The van der Waals surface area contributed by atoms with E-state index in [1.807, 2.05) is 0 Å². The molecule has 1 amide bonds. The lowest BCUT2D eigenvalue weighted by Gasteiger charge is -2.22. The van der Waals surface area contributed by atoms with Crippen molar-refractivity contribution in [3.05, 3.63) is 11.9 Å². The molecule has 1 aromatic heterocycles. The third kappa shape index (κ3) is 2.45. The van der Waals surface area contributed by atoms with Crippen molar-refractivity contribution < 1.29 is 4.79 Å². The van der Waals surface area contributed by atoms with E-state index in [0.29, 0.717) is 12.2 Å². The zero-order valence-electron chi connectivity index (χ0n) is 8.13. The minimum atomic E-state index is -0.0355. The van der Waals surface area contributed by atoms with Crippen LogP contribution in [0.1, 0.15) is 23.3 Å². The summed E-state index contributed by atoms with van der Waals surface area (Å²) in [5.41, 5.74) is 6.03. The molecule has 1 aliphatic rings. The molecule has 0 saturated carbocycles. The van der Waals surface area contributed by atoms with Crippen molar-refractivity contribution in [2.75, 3.05) is 13.1 Å². The molecule has 1 aromatic rings. The minimum Gasteiger partial charge on any atom is -0.333 e. The summed E-state index contributed by atoms with van der Waals surface area (Å²) in [6.45, 7) is 1.32. The molecular formula is C8H13ClN4OS. The highest BCUT2D eigenvalue weighted by Crippen LogP contribution is 2.18. The molecule has 2 N–H and O–H groups in total. The van der Waals surface area contributed by atoms with Gasteiger partial charge < -0.3 is 10.6 Å². The van der Waals surface area contributed by atoms with Crippen molar-refractivity contribution in [3.8, 4) is 0 Å². The fourth-order valence-corrected chi connectivity index (χ4v) is 2.16. The van der Waals surface area contributed by atoms with Gasteiger partial charge in [0.2, 0.25) is 0 Å². The SMILES string of the molecule is Cl.NCC1CCCN1C(=O)c1cnsn1. The van der Waals surface area contributed by atoms with Crippen LogP contribution in [-0.4, -0.2) is 38.7 Å². The second-order valence-electron chi connectivity index (χ2n) is 3.32. The van der Waals surface area contributed by atoms with E-state index in [4.69, 9.17) is 5.73 Å². The van der Waals surface area contributed by atoms with Crippen molar-refractivity contribution in [1.82, 2.24) is 13.6 Å². The van der Waals surface area contributed by atoms with Crippen molar-refractivity contribution in [1.29, 1.82) is 0 Å². The molecule has 1 saturated heterocycles. The zero-order valence-corrected chi connectivity index (χ0v) is 9.76. The van der Waals surface area contributed by atoms with Crippen LogP contribution in [-0.2, 0) is 0 Å². The Labute approximate surface area is 98.4 Å². The number of aromatic nitrogens is 2. The van der Waals surface area contributed by atoms with Crippen molar-refractivity contribution >= 4 is 30.0 Å². The van der Waals surface area contributed by atoms with E-state index in [1.165, 1.54) is 6.20 Å². The summed E-state index contributed by atoms with van der Waals surface area (Å²) in [4.78, 5) is 13.7. The van der Waals surface area contributed by atoms with Gasteiger partial charge in [-0.15, -0.1) is 12.4 Å². The van der Waals surface area contributed by atoms with Crippen LogP contribution >= 0.6 is 24.1 Å². The largest absolute Gasteiger partial charge is 0.333 e. The maximum Gasteiger partial charge on any atom is 0.275 e. The van der Waals surface area contributed by atoms with Gasteiger partial charge in [0.1, 0.15) is 0 Å². The second-order valence-corrected chi connectivity index (χ2v) is 3.88. The predicted octanol–water partition coefficient (Wildman–Crippen LogP) is 0.523. The van der Waals surface area contributed by atoms with Crippen LogP contribution < -0.4 is 5.73 Å². The third-order valence-electron chi connectivity index (χ3n) is 2.49. The Kier molecular flexibility index (Phi) is 4.44. The number of hydrogen-bond acceptors (Lipinski definition) is 5. The van der Waals surface area contributed by atoms with Crippen LogP contribution in [0.3, 0.4) is 0 Å². The lowest BCUT2D eigenvalue weighted by molar-refractivity contribution is 0.0736. The highest BCUT2D eigenvalue weighted by Gasteiger charge is 2.29. The van der Waals surface area contributed by atoms with Gasteiger partial charge in [-0.25, -0.2) is 0 Å². The number of nitrogens with zero attached hydrogens (tertiary/aromatic N) is 3. The number of carbonyl (C=O) groups is 1. The molecule has 1 aliphatic heterocycles. The average Bonchev–Trinajstić information content (AvgIpc) is 2.87. The lowest BCUT2D eigenvalue weighted by Crippen LogP contribution is -2.40. The maximum absolute atomic E-state index is 11.9. The quantitative estimate of drug-likeness (QED) is 0.829. The van der Waals surface area contributed by atoms with Crippen molar-refractivity contribution in [3.63, 3.8) is 0 Å². The summed E-state index contributed by atoms with van der Waals surface area (Å²) in [6, 6.07) is 0.184. The number of amides is 1. The Hall–Kier alpha value is -0.720. The number of carbonyl (C=O) groups excluding carboxylic acids is 1. The van der Waals surface area contributed by atoms with Gasteiger partial charge in [0, 0.05) is 19.1 Å². The molecule has 7 heteroatoms. The molecule has 0 aliphatic carbocycles. The van der Waals surface area contributed by atoms with Crippen molar-refractivity contribution in [2.24, 2.45) is 5.73 Å². The highest BCUT2D eigenvalue weighted by atomic mass is 35.5. The average molecular weight is 249 g/mol. The monoisotopic (exact) mass is 248 g/mol. The first-order chi connectivity index (χ1) is 6.83. The minimum absolute atomic E-state index is 0. The molecule has 5 nitrogen and oxygen atoms in total. The second kappa shape index (κ2) is 5.39. The maximum atomic E-state index is 11.9. The van der Waals surface area contributed by atoms with Gasteiger partial charge in [-0.2, -0.15) is 8.75 Å². The van der Waals surface area contributed by atoms with Crippen LogP contribution in [0.25, 0.3) is 0 Å². The Bertz CT molecular complexity index is 318. The Morgan fingerprint density at radius 1 is 1.73 bits per heavy atom. The smallest absolute Gasteiger partial charge is 0.275 e. The van der Waals surface area contributed by atoms with Gasteiger partial charge in [0.15, 0.2) is 5.69 Å². The lowest BCUT2D eigenvalue weighted by atomic mass is 10.2. The van der Waals surface area contributed by atoms with E-state index in [0.717, 1.165) is 31.1 Å². The molecule has 0 radical (unpaired) electrons. The molecule has 0 bridgehead atoms. The van der Waals surface area contributed by atoms with E-state index >= 15 is 0 Å². The van der Waals surface area contributed by atoms with Gasteiger partial charge in [0.05, 0.1) is 17.9 Å². The summed E-state index contributed by atoms with van der Waals surface area (Å²) >= 11 is 1.06. The Morgan fingerprint density at radius 3 is 3.13 bits per heavy atom. The van der Waals surface area contributed by atoms with E-state index in [1.54, 1.807) is 4.90 Å².